The Labute approximate surface area is 197 Å². The molecule has 176 valence electrons. The summed E-state index contributed by atoms with van der Waals surface area (Å²) in [5, 5.41) is 18.6. The van der Waals surface area contributed by atoms with Crippen molar-refractivity contribution in [3.63, 3.8) is 0 Å². The van der Waals surface area contributed by atoms with Crippen LogP contribution in [0.25, 0.3) is 0 Å². The van der Waals surface area contributed by atoms with Gasteiger partial charge in [0.1, 0.15) is 6.04 Å². The molecule has 0 fully saturated rings. The second kappa shape index (κ2) is 13.9. The lowest BCUT2D eigenvalue weighted by molar-refractivity contribution is -0.137. The van der Waals surface area contributed by atoms with Crippen LogP contribution in [0.2, 0.25) is 0 Å². The van der Waals surface area contributed by atoms with Crippen molar-refractivity contribution in [2.24, 2.45) is 0 Å². The van der Waals surface area contributed by atoms with Gasteiger partial charge in [-0.15, -0.1) is 22.7 Å². The Hall–Kier alpha value is -2.39. The van der Waals surface area contributed by atoms with E-state index in [4.69, 9.17) is 5.11 Å². The summed E-state index contributed by atoms with van der Waals surface area (Å²) in [5.41, 5.74) is 0. The van der Waals surface area contributed by atoms with Gasteiger partial charge in [-0.3, -0.25) is 9.59 Å². The summed E-state index contributed by atoms with van der Waals surface area (Å²) < 4.78 is 0. The number of carbonyl (C=O) groups is 3. The topological polar surface area (TPSA) is 98.7 Å². The molecule has 0 aliphatic heterocycles. The maximum absolute atomic E-state index is 13.5. The van der Waals surface area contributed by atoms with Gasteiger partial charge in [-0.05, 0) is 35.7 Å². The average Bonchev–Trinajstić information content (AvgIpc) is 3.44. The van der Waals surface area contributed by atoms with Crippen LogP contribution in [0.3, 0.4) is 0 Å². The molecule has 2 heterocycles. The van der Waals surface area contributed by atoms with Crippen LogP contribution in [0.15, 0.2) is 35.0 Å². The van der Waals surface area contributed by atoms with Gasteiger partial charge >= 0.3 is 12.0 Å². The molecular formula is C23H33N3O4S2. The maximum Gasteiger partial charge on any atom is 0.315 e. The number of urea groups is 1. The molecule has 7 nitrogen and oxygen atoms in total. The summed E-state index contributed by atoms with van der Waals surface area (Å²) in [7, 11) is 0. The Morgan fingerprint density at radius 2 is 1.59 bits per heavy atom. The molecule has 0 aromatic carbocycles. The lowest BCUT2D eigenvalue weighted by Gasteiger charge is -2.28. The number of hydrogen-bond donors (Lipinski definition) is 3. The molecule has 3 amide bonds. The second-order valence-electron chi connectivity index (χ2n) is 7.75. The monoisotopic (exact) mass is 479 g/mol. The molecule has 32 heavy (non-hydrogen) atoms. The van der Waals surface area contributed by atoms with Crippen molar-refractivity contribution in [1.29, 1.82) is 0 Å². The Morgan fingerprint density at radius 1 is 0.969 bits per heavy atom. The van der Waals surface area contributed by atoms with Gasteiger partial charge in [0.15, 0.2) is 0 Å². The standard InChI is InChI=1S/C23H33N3O4S2/c1-3-5-11-20(25-23(30)24-17(8-4-2)14-21(27)28)22(29)26(15-18-9-6-12-31-18)16-19-10-7-13-32-19/h6-7,9-10,12-13,17,20H,3-5,8,11,14-16H2,1-2H3,(H,27,28)(H2,24,25,30)/t17?,20-/m0/s1. The van der Waals surface area contributed by atoms with Crippen LogP contribution in [0.1, 0.15) is 62.1 Å². The lowest BCUT2D eigenvalue weighted by Crippen LogP contribution is -2.52. The Kier molecular flexibility index (Phi) is 11.2. The third-order valence-electron chi connectivity index (χ3n) is 5.01. The molecule has 2 atom stereocenters. The van der Waals surface area contributed by atoms with Crippen LogP contribution < -0.4 is 10.6 Å². The molecule has 0 saturated heterocycles. The summed E-state index contributed by atoms with van der Waals surface area (Å²) in [6.07, 6.45) is 3.42. The molecule has 0 aliphatic carbocycles. The van der Waals surface area contributed by atoms with Crippen LogP contribution in [0.4, 0.5) is 4.79 Å². The zero-order valence-electron chi connectivity index (χ0n) is 18.7. The number of amides is 3. The van der Waals surface area contributed by atoms with Crippen molar-refractivity contribution in [1.82, 2.24) is 15.5 Å². The molecule has 0 saturated carbocycles. The van der Waals surface area contributed by atoms with E-state index >= 15 is 0 Å². The average molecular weight is 480 g/mol. The zero-order chi connectivity index (χ0) is 23.3. The molecule has 3 N–H and O–H groups in total. The quantitative estimate of drug-likeness (QED) is 0.361. The normalized spacial score (nSPS) is 12.7. The van der Waals surface area contributed by atoms with Gasteiger partial charge in [0.05, 0.1) is 19.5 Å². The van der Waals surface area contributed by atoms with Crippen molar-refractivity contribution in [3.05, 3.63) is 44.8 Å². The highest BCUT2D eigenvalue weighted by Gasteiger charge is 2.27. The number of aliphatic carboxylic acids is 1. The van der Waals surface area contributed by atoms with Crippen molar-refractivity contribution < 1.29 is 19.5 Å². The van der Waals surface area contributed by atoms with E-state index in [-0.39, 0.29) is 12.3 Å². The minimum atomic E-state index is -0.958. The van der Waals surface area contributed by atoms with Crippen LogP contribution in [-0.4, -0.2) is 40.0 Å². The first-order valence-corrected chi connectivity index (χ1v) is 12.8. The number of carbonyl (C=O) groups excluding carboxylic acids is 2. The molecule has 0 bridgehead atoms. The summed E-state index contributed by atoms with van der Waals surface area (Å²) in [5.74, 6) is -1.08. The van der Waals surface area contributed by atoms with Crippen LogP contribution in [0, 0.1) is 0 Å². The smallest absolute Gasteiger partial charge is 0.315 e. The predicted octanol–water partition coefficient (Wildman–Crippen LogP) is 4.84. The number of rotatable bonds is 14. The summed E-state index contributed by atoms with van der Waals surface area (Å²) in [4.78, 5) is 41.2. The van der Waals surface area contributed by atoms with Gasteiger partial charge in [0.25, 0.3) is 0 Å². The van der Waals surface area contributed by atoms with Gasteiger partial charge in [-0.2, -0.15) is 0 Å². The van der Waals surface area contributed by atoms with Gasteiger partial charge in [0.2, 0.25) is 5.91 Å². The Morgan fingerprint density at radius 3 is 2.06 bits per heavy atom. The van der Waals surface area contributed by atoms with Gasteiger partial charge in [0, 0.05) is 15.8 Å². The van der Waals surface area contributed by atoms with Crippen molar-refractivity contribution in [3.8, 4) is 0 Å². The van der Waals surface area contributed by atoms with E-state index < -0.39 is 24.1 Å². The molecular weight excluding hydrogens is 446 g/mol. The molecule has 0 aliphatic rings. The fourth-order valence-electron chi connectivity index (χ4n) is 3.45. The lowest BCUT2D eigenvalue weighted by atomic mass is 10.1. The summed E-state index contributed by atoms with van der Waals surface area (Å²) >= 11 is 3.20. The minimum Gasteiger partial charge on any atom is -0.481 e. The van der Waals surface area contributed by atoms with E-state index in [0.29, 0.717) is 25.9 Å². The van der Waals surface area contributed by atoms with Crippen molar-refractivity contribution >= 4 is 40.6 Å². The Bertz CT molecular complexity index is 788. The van der Waals surface area contributed by atoms with Gasteiger partial charge in [-0.1, -0.05) is 45.2 Å². The van der Waals surface area contributed by atoms with E-state index in [9.17, 15) is 14.4 Å². The number of carboxylic acids is 1. The largest absolute Gasteiger partial charge is 0.481 e. The number of thiophene rings is 2. The van der Waals surface area contributed by atoms with E-state index in [2.05, 4.69) is 10.6 Å². The Balaban J connectivity index is 2.12. The van der Waals surface area contributed by atoms with Gasteiger partial charge in [-0.25, -0.2) is 4.79 Å². The number of nitrogens with zero attached hydrogens (tertiary/aromatic N) is 1. The van der Waals surface area contributed by atoms with E-state index in [1.54, 1.807) is 27.6 Å². The summed E-state index contributed by atoms with van der Waals surface area (Å²) in [6, 6.07) is 6.30. The first kappa shape index (κ1) is 25.9. The predicted molar refractivity (Wildman–Crippen MR) is 129 cm³/mol. The van der Waals surface area contributed by atoms with E-state index in [0.717, 1.165) is 29.0 Å². The van der Waals surface area contributed by atoms with Crippen LogP contribution in [-0.2, 0) is 22.7 Å². The first-order chi connectivity index (χ1) is 15.4. The first-order valence-electron chi connectivity index (χ1n) is 11.0. The van der Waals surface area contributed by atoms with Crippen molar-refractivity contribution in [2.75, 3.05) is 0 Å². The zero-order valence-corrected chi connectivity index (χ0v) is 20.3. The highest BCUT2D eigenvalue weighted by Crippen LogP contribution is 2.19. The fourth-order valence-corrected chi connectivity index (χ4v) is 4.89. The number of hydrogen-bond acceptors (Lipinski definition) is 5. The number of unbranched alkanes of at least 4 members (excludes halogenated alkanes) is 1. The molecule has 0 spiro atoms. The summed E-state index contributed by atoms with van der Waals surface area (Å²) in [6.45, 7) is 4.95. The minimum absolute atomic E-state index is 0.124. The molecule has 2 aromatic heterocycles. The van der Waals surface area contributed by atoms with E-state index in [1.165, 1.54) is 0 Å². The molecule has 2 rings (SSSR count). The molecule has 2 aromatic rings. The highest BCUT2D eigenvalue weighted by molar-refractivity contribution is 7.10. The molecule has 9 heteroatoms. The van der Waals surface area contributed by atoms with E-state index in [1.807, 2.05) is 48.9 Å². The van der Waals surface area contributed by atoms with Crippen LogP contribution >= 0.6 is 22.7 Å². The van der Waals surface area contributed by atoms with Crippen molar-refractivity contribution in [2.45, 2.75) is 77.5 Å². The molecule has 0 radical (unpaired) electrons. The molecule has 1 unspecified atom stereocenters. The fraction of sp³-hybridized carbons (Fsp3) is 0.522. The third-order valence-corrected chi connectivity index (χ3v) is 6.73. The second-order valence-corrected chi connectivity index (χ2v) is 9.81. The third kappa shape index (κ3) is 9.00. The van der Waals surface area contributed by atoms with Crippen LogP contribution in [0.5, 0.6) is 0 Å². The number of nitrogens with one attached hydrogen (secondary N) is 2. The maximum atomic E-state index is 13.5. The number of carboxylic acid groups (broad SMARTS) is 1. The van der Waals surface area contributed by atoms with Gasteiger partial charge < -0.3 is 20.6 Å². The highest BCUT2D eigenvalue weighted by atomic mass is 32.1. The SMILES string of the molecule is CCCC[C@H](NC(=O)NC(CCC)CC(=O)O)C(=O)N(Cc1cccs1)Cc1cccs1.